The standard InChI is InChI=1S/C23H42N3O3PS/c1-20(2)28-30(27,29-21(3)4)18-8-12-25-14-16-26(17-15-25)13-11-22(24)19-31-23-9-6-5-7-10-23/h5-7,9-10,20-22H,8,11-19,24H2,1-4H3/t22-/m1/s1. The highest BCUT2D eigenvalue weighted by atomic mass is 32.2. The molecule has 1 aliphatic rings. The number of nitrogens with zero attached hydrogens (tertiary/aromatic N) is 2. The van der Waals surface area contributed by atoms with E-state index in [1.807, 2.05) is 45.5 Å². The molecule has 1 aromatic rings. The third-order valence-electron chi connectivity index (χ3n) is 5.14. The Kier molecular flexibility index (Phi) is 12.1. The minimum Gasteiger partial charge on any atom is -0.327 e. The van der Waals surface area contributed by atoms with Crippen LogP contribution < -0.4 is 5.73 Å². The van der Waals surface area contributed by atoms with Gasteiger partial charge in [0.15, 0.2) is 0 Å². The Balaban J connectivity index is 1.60. The smallest absolute Gasteiger partial charge is 0.327 e. The van der Waals surface area contributed by atoms with Crippen LogP contribution in [0.1, 0.15) is 40.5 Å². The van der Waals surface area contributed by atoms with Crippen LogP contribution in [0.2, 0.25) is 0 Å². The van der Waals surface area contributed by atoms with Crippen molar-refractivity contribution in [1.82, 2.24) is 9.80 Å². The predicted molar refractivity (Wildman–Crippen MR) is 132 cm³/mol. The minimum absolute atomic E-state index is 0.0920. The van der Waals surface area contributed by atoms with Gasteiger partial charge in [-0.05, 0) is 65.8 Å². The van der Waals surface area contributed by atoms with E-state index in [9.17, 15) is 4.57 Å². The van der Waals surface area contributed by atoms with Gasteiger partial charge in [-0.1, -0.05) is 18.2 Å². The van der Waals surface area contributed by atoms with Crippen molar-refractivity contribution in [3.8, 4) is 0 Å². The van der Waals surface area contributed by atoms with Gasteiger partial charge in [0.1, 0.15) is 0 Å². The molecule has 1 saturated heterocycles. The molecule has 0 aliphatic carbocycles. The zero-order chi connectivity index (χ0) is 22.7. The van der Waals surface area contributed by atoms with Gasteiger partial charge < -0.3 is 24.6 Å². The Bertz CT molecular complexity index is 641. The predicted octanol–water partition coefficient (Wildman–Crippen LogP) is 4.55. The first-order valence-corrected chi connectivity index (χ1v) is 14.3. The Morgan fingerprint density at radius 3 is 2.06 bits per heavy atom. The van der Waals surface area contributed by atoms with Crippen molar-refractivity contribution in [2.45, 2.75) is 63.7 Å². The van der Waals surface area contributed by atoms with Gasteiger partial charge in [-0.2, -0.15) is 0 Å². The fraction of sp³-hybridized carbons (Fsp3) is 0.739. The number of hydrogen-bond acceptors (Lipinski definition) is 7. The molecule has 178 valence electrons. The Hall–Kier alpha value is -0.400. The van der Waals surface area contributed by atoms with Gasteiger partial charge in [0, 0.05) is 42.9 Å². The van der Waals surface area contributed by atoms with Crippen LogP contribution in [-0.2, 0) is 13.6 Å². The Morgan fingerprint density at radius 1 is 0.968 bits per heavy atom. The van der Waals surface area contributed by atoms with Gasteiger partial charge in [-0.15, -0.1) is 11.8 Å². The quantitative estimate of drug-likeness (QED) is 0.315. The number of hydrogen-bond donors (Lipinski definition) is 1. The molecule has 1 atom stereocenters. The first-order chi connectivity index (χ1) is 14.8. The SMILES string of the molecule is CC(C)OP(=O)(CCCN1CCN(CC[C@@H](N)CSc2ccccc2)CC1)OC(C)C. The molecule has 1 heterocycles. The normalized spacial score (nSPS) is 17.5. The van der Waals surface area contributed by atoms with Crippen molar-refractivity contribution in [2.75, 3.05) is 51.2 Å². The molecule has 0 spiro atoms. The number of rotatable bonds is 14. The first kappa shape index (κ1) is 26.8. The molecule has 8 heteroatoms. The second kappa shape index (κ2) is 14.0. The molecule has 0 unspecified atom stereocenters. The molecule has 0 radical (unpaired) electrons. The molecule has 1 aromatic carbocycles. The fourth-order valence-corrected chi connectivity index (χ4v) is 6.65. The van der Waals surface area contributed by atoms with Gasteiger partial charge in [0.2, 0.25) is 0 Å². The number of piperazine rings is 1. The third kappa shape index (κ3) is 11.3. The van der Waals surface area contributed by atoms with Crippen LogP contribution >= 0.6 is 19.4 Å². The summed E-state index contributed by atoms with van der Waals surface area (Å²) in [5.41, 5.74) is 6.33. The molecule has 6 nitrogen and oxygen atoms in total. The number of thioether (sulfide) groups is 1. The zero-order valence-corrected chi connectivity index (χ0v) is 21.5. The van der Waals surface area contributed by atoms with E-state index in [1.54, 1.807) is 0 Å². The third-order valence-corrected chi connectivity index (χ3v) is 8.69. The molecule has 0 bridgehead atoms. The second-order valence-electron chi connectivity index (χ2n) is 8.85. The molecule has 0 saturated carbocycles. The van der Waals surface area contributed by atoms with Crippen LogP contribution in [0, 0.1) is 0 Å². The van der Waals surface area contributed by atoms with E-state index in [-0.39, 0.29) is 18.2 Å². The van der Waals surface area contributed by atoms with Gasteiger partial charge in [0.25, 0.3) is 0 Å². The molecule has 0 aromatic heterocycles. The van der Waals surface area contributed by atoms with Crippen LogP contribution in [0.3, 0.4) is 0 Å². The lowest BCUT2D eigenvalue weighted by Gasteiger charge is -2.35. The van der Waals surface area contributed by atoms with Crippen molar-refractivity contribution in [2.24, 2.45) is 5.73 Å². The second-order valence-corrected chi connectivity index (χ2v) is 12.0. The summed E-state index contributed by atoms with van der Waals surface area (Å²) < 4.78 is 24.2. The first-order valence-electron chi connectivity index (χ1n) is 11.6. The lowest BCUT2D eigenvalue weighted by atomic mass is 10.2. The van der Waals surface area contributed by atoms with E-state index < -0.39 is 7.60 Å². The molecule has 2 rings (SSSR count). The molecule has 1 fully saturated rings. The molecule has 0 amide bonds. The summed E-state index contributed by atoms with van der Waals surface area (Å²) in [5, 5.41) is 0. The van der Waals surface area contributed by atoms with E-state index >= 15 is 0 Å². The molecular weight excluding hydrogens is 429 g/mol. The molecular formula is C23H42N3O3PS. The summed E-state index contributed by atoms with van der Waals surface area (Å²) in [6.07, 6.45) is 2.16. The number of benzene rings is 1. The summed E-state index contributed by atoms with van der Waals surface area (Å²) in [5.74, 6) is 0.959. The van der Waals surface area contributed by atoms with E-state index in [0.717, 1.165) is 57.9 Å². The Morgan fingerprint density at radius 2 is 1.52 bits per heavy atom. The van der Waals surface area contributed by atoms with Crippen LogP contribution in [0.4, 0.5) is 0 Å². The summed E-state index contributed by atoms with van der Waals surface area (Å²) in [6.45, 7) is 13.9. The summed E-state index contributed by atoms with van der Waals surface area (Å²) >= 11 is 1.84. The van der Waals surface area contributed by atoms with Crippen molar-refractivity contribution in [3.05, 3.63) is 30.3 Å². The van der Waals surface area contributed by atoms with Crippen molar-refractivity contribution >= 4 is 19.4 Å². The lowest BCUT2D eigenvalue weighted by Crippen LogP contribution is -2.47. The highest BCUT2D eigenvalue weighted by Crippen LogP contribution is 2.50. The van der Waals surface area contributed by atoms with Gasteiger partial charge in [-0.25, -0.2) is 0 Å². The van der Waals surface area contributed by atoms with Crippen LogP contribution in [-0.4, -0.2) is 79.2 Å². The summed E-state index contributed by atoms with van der Waals surface area (Å²) in [4.78, 5) is 6.25. The minimum atomic E-state index is -3.02. The van der Waals surface area contributed by atoms with E-state index in [2.05, 4.69) is 34.1 Å². The molecule has 31 heavy (non-hydrogen) atoms. The highest BCUT2D eigenvalue weighted by Gasteiger charge is 2.27. The fourth-order valence-electron chi connectivity index (χ4n) is 3.65. The number of nitrogens with two attached hydrogens (primary N) is 1. The topological polar surface area (TPSA) is 68.0 Å². The van der Waals surface area contributed by atoms with Gasteiger partial charge in [0.05, 0.1) is 18.4 Å². The highest BCUT2D eigenvalue weighted by molar-refractivity contribution is 7.99. The molecule has 2 N–H and O–H groups in total. The maximum absolute atomic E-state index is 12.9. The van der Waals surface area contributed by atoms with Crippen molar-refractivity contribution in [3.63, 3.8) is 0 Å². The summed E-state index contributed by atoms with van der Waals surface area (Å²) in [7, 11) is -3.02. The van der Waals surface area contributed by atoms with E-state index in [4.69, 9.17) is 14.8 Å². The van der Waals surface area contributed by atoms with Crippen molar-refractivity contribution < 1.29 is 13.6 Å². The van der Waals surface area contributed by atoms with Crippen molar-refractivity contribution in [1.29, 1.82) is 0 Å². The van der Waals surface area contributed by atoms with Crippen LogP contribution in [0.5, 0.6) is 0 Å². The van der Waals surface area contributed by atoms with E-state index in [0.29, 0.717) is 6.16 Å². The zero-order valence-electron chi connectivity index (χ0n) is 19.7. The maximum atomic E-state index is 12.9. The average molecular weight is 472 g/mol. The van der Waals surface area contributed by atoms with Gasteiger partial charge >= 0.3 is 7.60 Å². The average Bonchev–Trinajstić information content (AvgIpc) is 2.71. The van der Waals surface area contributed by atoms with Gasteiger partial charge in [-0.3, -0.25) is 4.57 Å². The molecule has 1 aliphatic heterocycles. The Labute approximate surface area is 193 Å². The van der Waals surface area contributed by atoms with E-state index in [1.165, 1.54) is 4.90 Å². The lowest BCUT2D eigenvalue weighted by molar-refractivity contribution is 0.126. The van der Waals surface area contributed by atoms with Crippen LogP contribution in [0.15, 0.2) is 35.2 Å². The summed E-state index contributed by atoms with van der Waals surface area (Å²) in [6, 6.07) is 10.7. The largest absolute Gasteiger partial charge is 0.331 e. The monoisotopic (exact) mass is 471 g/mol. The van der Waals surface area contributed by atoms with Crippen LogP contribution in [0.25, 0.3) is 0 Å². The maximum Gasteiger partial charge on any atom is 0.331 e.